The molecule has 1 rings (SSSR count). The molecular weight excluding hydrogens is 202 g/mol. The molecule has 0 amide bonds. The fraction of sp³-hybridized carbons (Fsp3) is 1.00. The Morgan fingerprint density at radius 3 is 2.19 bits per heavy atom. The third kappa shape index (κ3) is 5.83. The summed E-state index contributed by atoms with van der Waals surface area (Å²) in [6.45, 7) is 2.14. The van der Waals surface area contributed by atoms with Gasteiger partial charge in [0.15, 0.2) is 0 Å². The van der Waals surface area contributed by atoms with Crippen molar-refractivity contribution in [3.05, 3.63) is 0 Å². The van der Waals surface area contributed by atoms with Gasteiger partial charge < -0.3 is 15.2 Å². The normalized spacial score (nSPS) is 21.4. The Morgan fingerprint density at radius 1 is 0.938 bits per heavy atom. The Hall–Kier alpha value is -0.120. The second-order valence-corrected chi connectivity index (χ2v) is 4.99. The third-order valence-electron chi connectivity index (χ3n) is 3.53. The summed E-state index contributed by atoms with van der Waals surface area (Å²) < 4.78 is 10.4. The zero-order valence-corrected chi connectivity index (χ0v) is 10.7. The smallest absolute Gasteiger partial charge is 0.0700 e. The lowest BCUT2D eigenvalue weighted by Gasteiger charge is -2.31. The summed E-state index contributed by atoms with van der Waals surface area (Å²) in [6.07, 6.45) is 9.99. The van der Waals surface area contributed by atoms with Gasteiger partial charge in [-0.1, -0.05) is 32.1 Å². The molecule has 0 unspecified atom stereocenters. The summed E-state index contributed by atoms with van der Waals surface area (Å²) in [5.74, 6) is 0. The van der Waals surface area contributed by atoms with Gasteiger partial charge in [0, 0.05) is 19.3 Å². The van der Waals surface area contributed by atoms with E-state index >= 15 is 0 Å². The molecule has 0 saturated heterocycles. The molecule has 0 aromatic heterocycles. The van der Waals surface area contributed by atoms with E-state index in [2.05, 4.69) is 0 Å². The first-order valence-corrected chi connectivity index (χ1v) is 6.62. The van der Waals surface area contributed by atoms with Crippen molar-refractivity contribution in [3.63, 3.8) is 0 Å². The van der Waals surface area contributed by atoms with E-state index in [0.717, 1.165) is 13.0 Å². The number of ether oxygens (including phenoxy) is 2. The zero-order valence-electron chi connectivity index (χ0n) is 10.7. The van der Waals surface area contributed by atoms with Gasteiger partial charge in [-0.3, -0.25) is 0 Å². The number of methoxy groups -OCH3 is 1. The van der Waals surface area contributed by atoms with Crippen molar-refractivity contribution in [2.45, 2.75) is 56.9 Å². The fourth-order valence-corrected chi connectivity index (χ4v) is 2.38. The fourth-order valence-electron chi connectivity index (χ4n) is 2.38. The van der Waals surface area contributed by atoms with Gasteiger partial charge in [0.25, 0.3) is 0 Å². The van der Waals surface area contributed by atoms with Gasteiger partial charge in [-0.25, -0.2) is 0 Å². The van der Waals surface area contributed by atoms with Crippen LogP contribution >= 0.6 is 0 Å². The molecule has 3 heteroatoms. The first-order chi connectivity index (χ1) is 7.77. The Bertz CT molecular complexity index is 165. The number of nitrogens with two attached hydrogens (primary N) is 1. The molecule has 2 N–H and O–H groups in total. The standard InChI is InChI=1S/C13H27NO2/c1-15-11-12-16-10-9-13(14)7-5-3-2-4-6-8-13/h2-12,14H2,1H3. The van der Waals surface area contributed by atoms with Crippen LogP contribution in [0.5, 0.6) is 0 Å². The van der Waals surface area contributed by atoms with Crippen LogP contribution in [-0.4, -0.2) is 32.5 Å². The van der Waals surface area contributed by atoms with Crippen LogP contribution in [0, 0.1) is 0 Å². The monoisotopic (exact) mass is 229 g/mol. The minimum Gasteiger partial charge on any atom is -0.382 e. The van der Waals surface area contributed by atoms with Crippen molar-refractivity contribution < 1.29 is 9.47 Å². The Labute approximate surface area is 99.7 Å². The zero-order chi connectivity index (χ0) is 11.7. The lowest BCUT2D eigenvalue weighted by atomic mass is 9.82. The average Bonchev–Trinajstić information content (AvgIpc) is 2.24. The Balaban J connectivity index is 2.15. The molecule has 0 aromatic rings. The molecular formula is C13H27NO2. The second kappa shape index (κ2) is 8.04. The van der Waals surface area contributed by atoms with E-state index < -0.39 is 0 Å². The van der Waals surface area contributed by atoms with Gasteiger partial charge in [-0.05, 0) is 19.3 Å². The quantitative estimate of drug-likeness (QED) is 0.712. The molecule has 0 spiro atoms. The predicted octanol–water partition coefficient (Wildman–Crippen LogP) is 2.48. The first-order valence-electron chi connectivity index (χ1n) is 6.62. The molecule has 0 atom stereocenters. The number of hydrogen-bond acceptors (Lipinski definition) is 3. The van der Waals surface area contributed by atoms with E-state index in [9.17, 15) is 0 Å². The van der Waals surface area contributed by atoms with E-state index in [-0.39, 0.29) is 5.54 Å². The summed E-state index contributed by atoms with van der Waals surface area (Å²) >= 11 is 0. The second-order valence-electron chi connectivity index (χ2n) is 4.99. The first kappa shape index (κ1) is 13.9. The van der Waals surface area contributed by atoms with Crippen LogP contribution in [0.1, 0.15) is 51.4 Å². The molecule has 0 aliphatic heterocycles. The van der Waals surface area contributed by atoms with Crippen molar-refractivity contribution in [2.75, 3.05) is 26.9 Å². The molecule has 1 aliphatic carbocycles. The molecule has 0 heterocycles. The molecule has 1 aliphatic rings. The van der Waals surface area contributed by atoms with Crippen molar-refractivity contribution in [1.82, 2.24) is 0 Å². The molecule has 0 radical (unpaired) electrons. The van der Waals surface area contributed by atoms with Gasteiger partial charge >= 0.3 is 0 Å². The maximum absolute atomic E-state index is 6.43. The van der Waals surface area contributed by atoms with E-state index in [0.29, 0.717) is 13.2 Å². The molecule has 0 bridgehead atoms. The van der Waals surface area contributed by atoms with Crippen LogP contribution in [-0.2, 0) is 9.47 Å². The van der Waals surface area contributed by atoms with Crippen LogP contribution in [0.3, 0.4) is 0 Å². The molecule has 16 heavy (non-hydrogen) atoms. The molecule has 96 valence electrons. The topological polar surface area (TPSA) is 44.5 Å². The third-order valence-corrected chi connectivity index (χ3v) is 3.53. The van der Waals surface area contributed by atoms with Crippen molar-refractivity contribution in [3.8, 4) is 0 Å². The highest BCUT2D eigenvalue weighted by atomic mass is 16.5. The molecule has 1 saturated carbocycles. The summed E-state index contributed by atoms with van der Waals surface area (Å²) in [7, 11) is 1.70. The van der Waals surface area contributed by atoms with Crippen molar-refractivity contribution in [2.24, 2.45) is 5.73 Å². The molecule has 0 aromatic carbocycles. The highest BCUT2D eigenvalue weighted by molar-refractivity contribution is 4.84. The minimum atomic E-state index is 0.0352. The van der Waals surface area contributed by atoms with Gasteiger partial charge in [0.05, 0.1) is 13.2 Å². The molecule has 1 fully saturated rings. The largest absolute Gasteiger partial charge is 0.382 e. The van der Waals surface area contributed by atoms with Crippen molar-refractivity contribution in [1.29, 1.82) is 0 Å². The highest BCUT2D eigenvalue weighted by Gasteiger charge is 2.24. The number of rotatable bonds is 6. The predicted molar refractivity (Wildman–Crippen MR) is 66.5 cm³/mol. The van der Waals surface area contributed by atoms with Crippen LogP contribution in [0.15, 0.2) is 0 Å². The summed E-state index contributed by atoms with van der Waals surface area (Å²) in [5.41, 5.74) is 6.47. The van der Waals surface area contributed by atoms with E-state index in [1.54, 1.807) is 7.11 Å². The maximum Gasteiger partial charge on any atom is 0.0700 e. The van der Waals surface area contributed by atoms with Gasteiger partial charge in [-0.15, -0.1) is 0 Å². The van der Waals surface area contributed by atoms with Crippen LogP contribution in [0.2, 0.25) is 0 Å². The summed E-state index contributed by atoms with van der Waals surface area (Å²) in [6, 6.07) is 0. The SMILES string of the molecule is COCCOCCC1(N)CCCCCCC1. The lowest BCUT2D eigenvalue weighted by molar-refractivity contribution is 0.0585. The highest BCUT2D eigenvalue weighted by Crippen LogP contribution is 2.26. The van der Waals surface area contributed by atoms with E-state index in [4.69, 9.17) is 15.2 Å². The van der Waals surface area contributed by atoms with E-state index in [1.165, 1.54) is 44.9 Å². The maximum atomic E-state index is 6.43. The van der Waals surface area contributed by atoms with E-state index in [1.807, 2.05) is 0 Å². The van der Waals surface area contributed by atoms with Crippen molar-refractivity contribution >= 4 is 0 Å². The summed E-state index contributed by atoms with van der Waals surface area (Å²) in [5, 5.41) is 0. The van der Waals surface area contributed by atoms with Crippen LogP contribution < -0.4 is 5.73 Å². The minimum absolute atomic E-state index is 0.0352. The van der Waals surface area contributed by atoms with Gasteiger partial charge in [-0.2, -0.15) is 0 Å². The Kier molecular flexibility index (Phi) is 7.01. The van der Waals surface area contributed by atoms with Crippen LogP contribution in [0.4, 0.5) is 0 Å². The van der Waals surface area contributed by atoms with Crippen LogP contribution in [0.25, 0.3) is 0 Å². The molecule has 3 nitrogen and oxygen atoms in total. The summed E-state index contributed by atoms with van der Waals surface area (Å²) in [4.78, 5) is 0. The Morgan fingerprint density at radius 2 is 1.56 bits per heavy atom. The lowest BCUT2D eigenvalue weighted by Crippen LogP contribution is -2.41. The number of hydrogen-bond donors (Lipinski definition) is 1. The van der Waals surface area contributed by atoms with Gasteiger partial charge in [0.2, 0.25) is 0 Å². The average molecular weight is 229 g/mol. The van der Waals surface area contributed by atoms with Gasteiger partial charge in [0.1, 0.15) is 0 Å².